The number of rotatable bonds is 0. The molecule has 1 N–H and O–H groups in total. The Kier molecular flexibility index (Phi) is 3.87. The van der Waals surface area contributed by atoms with Crippen molar-refractivity contribution in [1.82, 2.24) is 10.2 Å². The van der Waals surface area contributed by atoms with Gasteiger partial charge in [-0.3, -0.25) is 4.90 Å². The van der Waals surface area contributed by atoms with Crippen LogP contribution in [0.3, 0.4) is 0 Å². The lowest BCUT2D eigenvalue weighted by molar-refractivity contribution is 0.246. The van der Waals surface area contributed by atoms with Gasteiger partial charge >= 0.3 is 0 Å². The molecule has 3 aliphatic heterocycles. The van der Waals surface area contributed by atoms with Crippen molar-refractivity contribution >= 4 is 24.8 Å². The predicted octanol–water partition coefficient (Wildman–Crippen LogP) is 1.29. The fourth-order valence-corrected chi connectivity index (χ4v) is 3.24. The van der Waals surface area contributed by atoms with Crippen molar-refractivity contribution < 1.29 is 0 Å². The van der Waals surface area contributed by atoms with Crippen LogP contribution < -0.4 is 5.32 Å². The topological polar surface area (TPSA) is 15.3 Å². The van der Waals surface area contributed by atoms with Crippen LogP contribution in [-0.2, 0) is 0 Å². The van der Waals surface area contributed by atoms with Crippen LogP contribution >= 0.6 is 24.8 Å². The van der Waals surface area contributed by atoms with Crippen molar-refractivity contribution in [3.63, 3.8) is 0 Å². The third-order valence-corrected chi connectivity index (χ3v) is 3.73. The Balaban J connectivity index is 0.000000422. The van der Waals surface area contributed by atoms with Gasteiger partial charge in [-0.1, -0.05) is 0 Å². The SMILES string of the molecule is C1CC2C[C@@H]3CNC[C@@H]3N2C1.Cl.Cl. The molecule has 0 aliphatic carbocycles. The molecule has 0 saturated carbocycles. The lowest BCUT2D eigenvalue weighted by atomic mass is 10.0. The standard InChI is InChI=1S/C9H16N2.2ClH/c1-2-8-4-7-5-10-6-9(7)11(8)3-1;;/h7-10H,1-6H2;2*1H/t7-,8?,9+;;/m1../s1. The Bertz CT molecular complexity index is 159. The Morgan fingerprint density at radius 3 is 2.85 bits per heavy atom. The lowest BCUT2D eigenvalue weighted by Gasteiger charge is -2.21. The van der Waals surface area contributed by atoms with Crippen molar-refractivity contribution in [2.45, 2.75) is 31.3 Å². The van der Waals surface area contributed by atoms with Crippen LogP contribution in [0, 0.1) is 5.92 Å². The van der Waals surface area contributed by atoms with Crippen LogP contribution in [0.15, 0.2) is 0 Å². The zero-order valence-electron chi connectivity index (χ0n) is 7.74. The first kappa shape index (κ1) is 11.6. The molecule has 2 nitrogen and oxygen atoms in total. The minimum Gasteiger partial charge on any atom is -0.315 e. The molecule has 0 spiro atoms. The van der Waals surface area contributed by atoms with Gasteiger partial charge in [0.15, 0.2) is 0 Å². The summed E-state index contributed by atoms with van der Waals surface area (Å²) in [6.45, 7) is 3.94. The number of hydrogen-bond acceptors (Lipinski definition) is 2. The second-order valence-electron chi connectivity index (χ2n) is 4.26. The van der Waals surface area contributed by atoms with Crippen LogP contribution in [0.5, 0.6) is 0 Å². The molecule has 4 heteroatoms. The van der Waals surface area contributed by atoms with Gasteiger partial charge in [-0.15, -0.1) is 24.8 Å². The Labute approximate surface area is 92.3 Å². The normalized spacial score (nSPS) is 42.0. The summed E-state index contributed by atoms with van der Waals surface area (Å²) in [5.41, 5.74) is 0. The Morgan fingerprint density at radius 1 is 1.15 bits per heavy atom. The predicted molar refractivity (Wildman–Crippen MR) is 59.0 cm³/mol. The van der Waals surface area contributed by atoms with E-state index in [2.05, 4.69) is 10.2 Å². The van der Waals surface area contributed by atoms with Crippen molar-refractivity contribution in [2.24, 2.45) is 5.92 Å². The molecular weight excluding hydrogens is 207 g/mol. The molecule has 0 radical (unpaired) electrons. The summed E-state index contributed by atoms with van der Waals surface area (Å²) in [7, 11) is 0. The van der Waals surface area contributed by atoms with Crippen LogP contribution in [0.4, 0.5) is 0 Å². The fourth-order valence-electron chi connectivity index (χ4n) is 3.24. The van der Waals surface area contributed by atoms with Gasteiger partial charge in [0.2, 0.25) is 0 Å². The Hall–Kier alpha value is 0.500. The summed E-state index contributed by atoms with van der Waals surface area (Å²) in [6.07, 6.45) is 4.42. The van der Waals surface area contributed by atoms with E-state index in [1.807, 2.05) is 0 Å². The van der Waals surface area contributed by atoms with E-state index in [4.69, 9.17) is 0 Å². The van der Waals surface area contributed by atoms with E-state index in [1.165, 1.54) is 38.9 Å². The van der Waals surface area contributed by atoms with Crippen LogP contribution in [0.2, 0.25) is 0 Å². The van der Waals surface area contributed by atoms with E-state index in [1.54, 1.807) is 0 Å². The molecule has 1 unspecified atom stereocenters. The average Bonchev–Trinajstić information content (AvgIpc) is 2.52. The summed E-state index contributed by atoms with van der Waals surface area (Å²) in [5.74, 6) is 1.00. The third-order valence-electron chi connectivity index (χ3n) is 3.73. The number of nitrogens with zero attached hydrogens (tertiary/aromatic N) is 1. The molecule has 78 valence electrons. The van der Waals surface area contributed by atoms with E-state index in [9.17, 15) is 0 Å². The van der Waals surface area contributed by atoms with E-state index in [0.29, 0.717) is 0 Å². The van der Waals surface area contributed by atoms with Gasteiger partial charge in [0.05, 0.1) is 0 Å². The maximum Gasteiger partial charge on any atom is 0.0264 e. The van der Waals surface area contributed by atoms with Gasteiger partial charge in [-0.25, -0.2) is 0 Å². The van der Waals surface area contributed by atoms with Crippen LogP contribution in [0.25, 0.3) is 0 Å². The zero-order chi connectivity index (χ0) is 7.26. The molecule has 3 aliphatic rings. The van der Waals surface area contributed by atoms with Crippen molar-refractivity contribution in [2.75, 3.05) is 19.6 Å². The molecule has 3 atom stereocenters. The quantitative estimate of drug-likeness (QED) is 0.668. The molecule has 0 aromatic rings. The molecule has 0 aromatic carbocycles. The van der Waals surface area contributed by atoms with Gasteiger partial charge in [-0.2, -0.15) is 0 Å². The van der Waals surface area contributed by atoms with Gasteiger partial charge in [0, 0.05) is 18.6 Å². The maximum atomic E-state index is 3.50. The highest BCUT2D eigenvalue weighted by atomic mass is 35.5. The van der Waals surface area contributed by atoms with E-state index in [-0.39, 0.29) is 24.8 Å². The largest absolute Gasteiger partial charge is 0.315 e. The van der Waals surface area contributed by atoms with E-state index < -0.39 is 0 Å². The van der Waals surface area contributed by atoms with E-state index >= 15 is 0 Å². The highest BCUT2D eigenvalue weighted by Gasteiger charge is 2.44. The first-order chi connectivity index (χ1) is 5.45. The summed E-state index contributed by atoms with van der Waals surface area (Å²) in [4.78, 5) is 2.75. The van der Waals surface area contributed by atoms with Gasteiger partial charge in [-0.05, 0) is 38.3 Å². The smallest absolute Gasteiger partial charge is 0.0264 e. The number of hydrogen-bond donors (Lipinski definition) is 1. The zero-order valence-corrected chi connectivity index (χ0v) is 9.37. The summed E-state index contributed by atoms with van der Waals surface area (Å²) < 4.78 is 0. The molecule has 3 fully saturated rings. The molecule has 13 heavy (non-hydrogen) atoms. The minimum absolute atomic E-state index is 0. The average molecular weight is 225 g/mol. The van der Waals surface area contributed by atoms with Crippen LogP contribution in [0.1, 0.15) is 19.3 Å². The van der Waals surface area contributed by atoms with E-state index in [0.717, 1.165) is 18.0 Å². The fraction of sp³-hybridized carbons (Fsp3) is 1.00. The molecule has 0 aromatic heterocycles. The summed E-state index contributed by atoms with van der Waals surface area (Å²) >= 11 is 0. The lowest BCUT2D eigenvalue weighted by Crippen LogP contribution is -2.35. The monoisotopic (exact) mass is 224 g/mol. The second-order valence-corrected chi connectivity index (χ2v) is 4.26. The number of fused-ring (bicyclic) bond motifs is 3. The van der Waals surface area contributed by atoms with Crippen molar-refractivity contribution in [3.05, 3.63) is 0 Å². The maximum absolute atomic E-state index is 3.50. The molecule has 0 bridgehead atoms. The summed E-state index contributed by atoms with van der Waals surface area (Å²) in [6, 6.07) is 1.90. The molecule has 3 saturated heterocycles. The third kappa shape index (κ3) is 1.70. The van der Waals surface area contributed by atoms with Crippen LogP contribution in [-0.4, -0.2) is 36.6 Å². The highest BCUT2D eigenvalue weighted by Crippen LogP contribution is 2.37. The minimum atomic E-state index is 0. The molecule has 0 amide bonds. The first-order valence-corrected chi connectivity index (χ1v) is 4.91. The molecule has 3 rings (SSSR count). The second kappa shape index (κ2) is 4.35. The summed E-state index contributed by atoms with van der Waals surface area (Å²) in [5, 5.41) is 3.50. The number of nitrogens with one attached hydrogen (secondary N) is 1. The number of halogens is 2. The Morgan fingerprint density at radius 2 is 2.00 bits per heavy atom. The first-order valence-electron chi connectivity index (χ1n) is 4.91. The molecule has 3 heterocycles. The highest BCUT2D eigenvalue weighted by molar-refractivity contribution is 5.85. The van der Waals surface area contributed by atoms with Gasteiger partial charge in [0.1, 0.15) is 0 Å². The van der Waals surface area contributed by atoms with Gasteiger partial charge < -0.3 is 5.32 Å². The molecular formula is C9H18Cl2N2. The van der Waals surface area contributed by atoms with Gasteiger partial charge in [0.25, 0.3) is 0 Å². The van der Waals surface area contributed by atoms with Crippen molar-refractivity contribution in [3.8, 4) is 0 Å². The van der Waals surface area contributed by atoms with Crippen molar-refractivity contribution in [1.29, 1.82) is 0 Å².